The van der Waals surface area contributed by atoms with E-state index in [2.05, 4.69) is 10.1 Å². The Bertz CT molecular complexity index is 1520. The molecular formula is C21H17F6N3O5S. The monoisotopic (exact) mass is 537 g/mol. The Labute approximate surface area is 199 Å². The van der Waals surface area contributed by atoms with E-state index in [9.17, 15) is 44.3 Å². The van der Waals surface area contributed by atoms with Crippen LogP contribution in [0.25, 0.3) is 16.7 Å². The van der Waals surface area contributed by atoms with E-state index in [0.717, 1.165) is 18.2 Å². The first-order valence-electron chi connectivity index (χ1n) is 10.2. The maximum absolute atomic E-state index is 15.0. The molecule has 0 radical (unpaired) electrons. The molecule has 1 N–H and O–H groups in total. The number of imidazole rings is 1. The molecule has 0 bridgehead atoms. The number of fused-ring (bicyclic) bond motifs is 1. The topological polar surface area (TPSA) is 99.4 Å². The predicted molar refractivity (Wildman–Crippen MR) is 115 cm³/mol. The van der Waals surface area contributed by atoms with Crippen molar-refractivity contribution in [2.75, 3.05) is 11.5 Å². The Morgan fingerprint density at radius 2 is 1.83 bits per heavy atom. The molecule has 194 valence electrons. The fraction of sp³-hybridized carbons (Fsp3) is 0.333. The standard InChI is InChI=1S/C21H17F6N3O5S/c1-20(9-36(33,34)10-20)28-17(31)13-6-15-16(7-14(13)22)30(19(32)29(15)8-21(25,26)27)11-3-2-4-12(5-11)35-18(23)24/h2-7,18H,8-10H2,1H3,(H,28,31). The van der Waals surface area contributed by atoms with Crippen molar-refractivity contribution in [1.29, 1.82) is 0 Å². The fourth-order valence-corrected chi connectivity index (χ4v) is 6.17. The second-order valence-corrected chi connectivity index (χ2v) is 10.6. The van der Waals surface area contributed by atoms with E-state index >= 15 is 0 Å². The van der Waals surface area contributed by atoms with Gasteiger partial charge in [-0.05, 0) is 25.1 Å². The van der Waals surface area contributed by atoms with Crippen molar-refractivity contribution in [2.24, 2.45) is 0 Å². The first-order chi connectivity index (χ1) is 16.6. The summed E-state index contributed by atoms with van der Waals surface area (Å²) in [5.74, 6) is -3.49. The first-order valence-corrected chi connectivity index (χ1v) is 12.0. The number of hydrogen-bond donors (Lipinski definition) is 1. The van der Waals surface area contributed by atoms with Crippen molar-refractivity contribution < 1.29 is 44.3 Å². The molecule has 0 saturated carbocycles. The largest absolute Gasteiger partial charge is 0.435 e. The van der Waals surface area contributed by atoms with Gasteiger partial charge in [0.2, 0.25) is 0 Å². The number of hydrogen-bond acceptors (Lipinski definition) is 5. The molecular weight excluding hydrogens is 520 g/mol. The quantitative estimate of drug-likeness (QED) is 0.488. The number of benzene rings is 2. The van der Waals surface area contributed by atoms with Crippen molar-refractivity contribution in [1.82, 2.24) is 14.5 Å². The molecule has 8 nitrogen and oxygen atoms in total. The zero-order valence-corrected chi connectivity index (χ0v) is 19.1. The van der Waals surface area contributed by atoms with Crippen molar-refractivity contribution in [3.05, 3.63) is 58.3 Å². The van der Waals surface area contributed by atoms with Crippen molar-refractivity contribution >= 4 is 26.8 Å². The van der Waals surface area contributed by atoms with Crippen molar-refractivity contribution in [3.8, 4) is 11.4 Å². The van der Waals surface area contributed by atoms with Crippen LogP contribution in [0.5, 0.6) is 5.75 Å². The summed E-state index contributed by atoms with van der Waals surface area (Å²) in [6, 6.07) is 5.92. The summed E-state index contributed by atoms with van der Waals surface area (Å²) >= 11 is 0. The third-order valence-electron chi connectivity index (χ3n) is 5.39. The summed E-state index contributed by atoms with van der Waals surface area (Å²) in [7, 11) is -3.37. The summed E-state index contributed by atoms with van der Waals surface area (Å²) in [6.45, 7) is -3.59. The molecule has 1 amide bonds. The van der Waals surface area contributed by atoms with Gasteiger partial charge in [0.15, 0.2) is 9.84 Å². The van der Waals surface area contributed by atoms with E-state index in [1.165, 1.54) is 19.1 Å². The molecule has 1 aromatic heterocycles. The van der Waals surface area contributed by atoms with E-state index in [1.807, 2.05) is 0 Å². The molecule has 2 heterocycles. The lowest BCUT2D eigenvalue weighted by Gasteiger charge is -2.38. The highest BCUT2D eigenvalue weighted by Gasteiger charge is 2.46. The van der Waals surface area contributed by atoms with Gasteiger partial charge in [-0.2, -0.15) is 22.0 Å². The Balaban J connectivity index is 1.86. The number of carbonyl (C=O) groups is 1. The second-order valence-electron chi connectivity index (χ2n) is 8.56. The molecule has 1 fully saturated rings. The molecule has 1 aliphatic heterocycles. The first kappa shape index (κ1) is 25.6. The number of alkyl halides is 5. The van der Waals surface area contributed by atoms with Crippen LogP contribution < -0.4 is 15.7 Å². The minimum atomic E-state index is -4.88. The molecule has 36 heavy (non-hydrogen) atoms. The molecule has 0 spiro atoms. The molecule has 2 aromatic carbocycles. The molecule has 1 saturated heterocycles. The number of ether oxygens (including phenoxy) is 1. The third kappa shape index (κ3) is 5.05. The van der Waals surface area contributed by atoms with Gasteiger partial charge < -0.3 is 10.1 Å². The van der Waals surface area contributed by atoms with Crippen LogP contribution >= 0.6 is 0 Å². The summed E-state index contributed by atoms with van der Waals surface area (Å²) < 4.78 is 108. The number of carbonyl (C=O) groups excluding carboxylic acids is 1. The zero-order chi connectivity index (χ0) is 26.6. The van der Waals surface area contributed by atoms with E-state index in [-0.39, 0.29) is 15.8 Å². The minimum Gasteiger partial charge on any atom is -0.435 e. The van der Waals surface area contributed by atoms with Gasteiger partial charge in [-0.1, -0.05) is 6.07 Å². The summed E-state index contributed by atoms with van der Waals surface area (Å²) in [5, 5.41) is 2.35. The Morgan fingerprint density at radius 3 is 2.42 bits per heavy atom. The zero-order valence-electron chi connectivity index (χ0n) is 18.3. The molecule has 3 aromatic rings. The van der Waals surface area contributed by atoms with Gasteiger partial charge in [-0.25, -0.2) is 17.6 Å². The summed E-state index contributed by atoms with van der Waals surface area (Å²) in [5.41, 5.74) is -4.20. The number of amides is 1. The highest BCUT2D eigenvalue weighted by molar-refractivity contribution is 7.93. The van der Waals surface area contributed by atoms with Gasteiger partial charge >= 0.3 is 18.5 Å². The van der Waals surface area contributed by atoms with E-state index in [1.54, 1.807) is 0 Å². The molecule has 0 unspecified atom stereocenters. The van der Waals surface area contributed by atoms with Crippen LogP contribution in [0.15, 0.2) is 41.2 Å². The van der Waals surface area contributed by atoms with Gasteiger partial charge in [0, 0.05) is 12.1 Å². The van der Waals surface area contributed by atoms with Crippen LogP contribution in [0.2, 0.25) is 0 Å². The molecule has 4 rings (SSSR count). The Morgan fingerprint density at radius 1 is 1.17 bits per heavy atom. The number of sulfone groups is 1. The average Bonchev–Trinajstić information content (AvgIpc) is 2.94. The van der Waals surface area contributed by atoms with Crippen LogP contribution in [-0.4, -0.2) is 53.3 Å². The number of nitrogens with zero attached hydrogens (tertiary/aromatic N) is 2. The fourth-order valence-electron chi connectivity index (χ4n) is 4.17. The molecule has 15 heteroatoms. The summed E-state index contributed by atoms with van der Waals surface area (Å²) in [4.78, 5) is 25.7. The highest BCUT2D eigenvalue weighted by atomic mass is 32.2. The average molecular weight is 537 g/mol. The number of halogens is 6. The van der Waals surface area contributed by atoms with Crippen LogP contribution in [-0.2, 0) is 16.4 Å². The lowest BCUT2D eigenvalue weighted by Crippen LogP contribution is -2.63. The van der Waals surface area contributed by atoms with Crippen LogP contribution in [0.3, 0.4) is 0 Å². The van der Waals surface area contributed by atoms with Gasteiger partial charge in [0.05, 0.1) is 39.3 Å². The van der Waals surface area contributed by atoms with Gasteiger partial charge in [-0.3, -0.25) is 13.9 Å². The summed E-state index contributed by atoms with van der Waals surface area (Å²) in [6.07, 6.45) is -4.88. The maximum Gasteiger partial charge on any atom is 0.406 e. The molecule has 1 aliphatic rings. The smallest absolute Gasteiger partial charge is 0.406 e. The predicted octanol–water partition coefficient (Wildman–Crippen LogP) is 3.01. The molecule has 0 atom stereocenters. The second kappa shape index (κ2) is 8.57. The van der Waals surface area contributed by atoms with Gasteiger partial charge in [0.25, 0.3) is 5.91 Å². The third-order valence-corrected chi connectivity index (χ3v) is 7.55. The lowest BCUT2D eigenvalue weighted by atomic mass is 10.1. The van der Waals surface area contributed by atoms with Gasteiger partial charge in [-0.15, -0.1) is 0 Å². The Kier molecular flexibility index (Phi) is 6.09. The SMILES string of the molecule is CC1(NC(=O)c2cc3c(cc2F)n(-c2cccc(OC(F)F)c2)c(=O)n3CC(F)(F)F)CS(=O)(=O)C1. The normalized spacial score (nSPS) is 16.7. The Hall–Kier alpha value is -3.49. The van der Waals surface area contributed by atoms with E-state index < -0.39 is 80.5 Å². The minimum absolute atomic E-state index is 0.187. The van der Waals surface area contributed by atoms with Crippen molar-refractivity contribution in [3.63, 3.8) is 0 Å². The van der Waals surface area contributed by atoms with Crippen LogP contribution in [0, 0.1) is 5.82 Å². The lowest BCUT2D eigenvalue weighted by molar-refractivity contribution is -0.140. The van der Waals surface area contributed by atoms with E-state index in [0.29, 0.717) is 10.6 Å². The number of aromatic nitrogens is 2. The van der Waals surface area contributed by atoms with E-state index in [4.69, 9.17) is 0 Å². The number of nitrogens with one attached hydrogen (secondary N) is 1. The van der Waals surface area contributed by atoms with Crippen molar-refractivity contribution in [2.45, 2.75) is 31.8 Å². The van der Waals surface area contributed by atoms with Gasteiger partial charge in [0.1, 0.15) is 18.1 Å². The highest BCUT2D eigenvalue weighted by Crippen LogP contribution is 2.28. The maximum atomic E-state index is 15.0. The van der Waals surface area contributed by atoms with Crippen LogP contribution in [0.4, 0.5) is 26.3 Å². The molecule has 0 aliphatic carbocycles. The number of rotatable bonds is 6. The van der Waals surface area contributed by atoms with Crippen LogP contribution in [0.1, 0.15) is 17.3 Å².